The summed E-state index contributed by atoms with van der Waals surface area (Å²) in [6.07, 6.45) is 2.28. The molecule has 0 saturated heterocycles. The zero-order chi connectivity index (χ0) is 18.7. The molecule has 0 heterocycles. The molecule has 0 radical (unpaired) electrons. The maximum Gasteiger partial charge on any atom is 0.191 e. The Hall–Kier alpha value is -1.62. The zero-order valence-electron chi connectivity index (χ0n) is 16.5. The van der Waals surface area contributed by atoms with Crippen molar-refractivity contribution in [2.45, 2.75) is 60.0 Å². The van der Waals surface area contributed by atoms with Gasteiger partial charge in [-0.1, -0.05) is 26.0 Å². The second-order valence-corrected chi connectivity index (χ2v) is 6.49. The molecule has 0 aliphatic rings. The molecule has 0 aromatic heterocycles. The van der Waals surface area contributed by atoms with Crippen LogP contribution in [0.3, 0.4) is 0 Å². The molecule has 1 unspecified atom stereocenters. The number of guanidine groups is 1. The van der Waals surface area contributed by atoms with Crippen molar-refractivity contribution in [1.82, 2.24) is 15.5 Å². The van der Waals surface area contributed by atoms with Crippen LogP contribution in [0.15, 0.2) is 23.2 Å². The minimum absolute atomic E-state index is 0.167. The van der Waals surface area contributed by atoms with Crippen molar-refractivity contribution >= 4 is 5.96 Å². The molecule has 0 fully saturated rings. The largest absolute Gasteiger partial charge is 0.357 e. The highest BCUT2D eigenvalue weighted by molar-refractivity contribution is 5.80. The van der Waals surface area contributed by atoms with E-state index in [-0.39, 0.29) is 5.82 Å². The predicted molar refractivity (Wildman–Crippen MR) is 106 cm³/mol. The molecule has 0 spiro atoms. The van der Waals surface area contributed by atoms with Gasteiger partial charge in [-0.25, -0.2) is 9.38 Å². The van der Waals surface area contributed by atoms with Gasteiger partial charge in [-0.2, -0.15) is 0 Å². The lowest BCUT2D eigenvalue weighted by atomic mass is 10.1. The standard InChI is InChI=1S/C20H35FN4/c1-6-22-20(23-15-18-11-12-19(21)16(4)14-18)24-17(5)10-9-13-25(7-2)8-3/h11-12,14,17H,6-10,13,15H2,1-5H3,(H2,22,23,24). The first-order valence-electron chi connectivity index (χ1n) is 9.52. The van der Waals surface area contributed by atoms with Crippen molar-refractivity contribution in [3.63, 3.8) is 0 Å². The van der Waals surface area contributed by atoms with Gasteiger partial charge in [0.25, 0.3) is 0 Å². The Morgan fingerprint density at radius 3 is 2.56 bits per heavy atom. The molecule has 0 aliphatic carbocycles. The average molecular weight is 351 g/mol. The Balaban J connectivity index is 2.52. The van der Waals surface area contributed by atoms with E-state index in [9.17, 15) is 4.39 Å². The van der Waals surface area contributed by atoms with Gasteiger partial charge < -0.3 is 15.5 Å². The molecule has 1 aromatic carbocycles. The average Bonchev–Trinajstić information content (AvgIpc) is 2.59. The lowest BCUT2D eigenvalue weighted by molar-refractivity contribution is 0.292. The van der Waals surface area contributed by atoms with Crippen molar-refractivity contribution in [2.24, 2.45) is 4.99 Å². The van der Waals surface area contributed by atoms with Gasteiger partial charge in [-0.05, 0) is 70.4 Å². The summed E-state index contributed by atoms with van der Waals surface area (Å²) in [6, 6.07) is 5.53. The van der Waals surface area contributed by atoms with Crippen LogP contribution in [-0.4, -0.2) is 43.1 Å². The molecule has 5 heteroatoms. The van der Waals surface area contributed by atoms with Crippen LogP contribution in [0.5, 0.6) is 0 Å². The van der Waals surface area contributed by atoms with Crippen LogP contribution in [0, 0.1) is 12.7 Å². The number of halogens is 1. The van der Waals surface area contributed by atoms with E-state index < -0.39 is 0 Å². The van der Waals surface area contributed by atoms with Crippen molar-refractivity contribution in [3.8, 4) is 0 Å². The summed E-state index contributed by atoms with van der Waals surface area (Å²) in [5.41, 5.74) is 1.68. The Kier molecular flexibility index (Phi) is 10.2. The maximum atomic E-state index is 13.4. The minimum Gasteiger partial charge on any atom is -0.357 e. The van der Waals surface area contributed by atoms with Crippen LogP contribution in [0.2, 0.25) is 0 Å². The normalized spacial score (nSPS) is 13.2. The summed E-state index contributed by atoms with van der Waals surface area (Å²) in [6.45, 7) is 15.2. The number of benzene rings is 1. The van der Waals surface area contributed by atoms with Crippen LogP contribution >= 0.6 is 0 Å². The molecule has 2 N–H and O–H groups in total. The zero-order valence-corrected chi connectivity index (χ0v) is 16.5. The smallest absolute Gasteiger partial charge is 0.191 e. The van der Waals surface area contributed by atoms with Gasteiger partial charge in [-0.3, -0.25) is 0 Å². The van der Waals surface area contributed by atoms with E-state index in [0.717, 1.165) is 44.1 Å². The molecule has 4 nitrogen and oxygen atoms in total. The predicted octanol–water partition coefficient (Wildman–Crippen LogP) is 3.70. The number of hydrogen-bond donors (Lipinski definition) is 2. The Bertz CT molecular complexity index is 526. The van der Waals surface area contributed by atoms with Gasteiger partial charge in [0.15, 0.2) is 5.96 Å². The van der Waals surface area contributed by atoms with E-state index in [4.69, 9.17) is 0 Å². The van der Waals surface area contributed by atoms with Gasteiger partial charge >= 0.3 is 0 Å². The molecule has 1 aromatic rings. The van der Waals surface area contributed by atoms with E-state index in [1.165, 1.54) is 12.5 Å². The van der Waals surface area contributed by atoms with Gasteiger partial charge in [0, 0.05) is 12.6 Å². The Labute approximate surface area is 152 Å². The fourth-order valence-corrected chi connectivity index (χ4v) is 2.76. The molecule has 0 bridgehead atoms. The maximum absolute atomic E-state index is 13.4. The van der Waals surface area contributed by atoms with Crippen LogP contribution in [-0.2, 0) is 6.54 Å². The second-order valence-electron chi connectivity index (χ2n) is 6.49. The van der Waals surface area contributed by atoms with Crippen molar-refractivity contribution in [2.75, 3.05) is 26.2 Å². The van der Waals surface area contributed by atoms with Gasteiger partial charge in [-0.15, -0.1) is 0 Å². The van der Waals surface area contributed by atoms with Crippen molar-refractivity contribution < 1.29 is 4.39 Å². The van der Waals surface area contributed by atoms with Crippen LogP contribution in [0.4, 0.5) is 4.39 Å². The quantitative estimate of drug-likeness (QED) is 0.499. The summed E-state index contributed by atoms with van der Waals surface area (Å²) in [4.78, 5) is 7.08. The first-order chi connectivity index (χ1) is 12.0. The van der Waals surface area contributed by atoms with Crippen molar-refractivity contribution in [1.29, 1.82) is 0 Å². The molecule has 142 valence electrons. The third-order valence-electron chi connectivity index (χ3n) is 4.38. The monoisotopic (exact) mass is 350 g/mol. The Morgan fingerprint density at radius 1 is 1.24 bits per heavy atom. The number of nitrogens with zero attached hydrogens (tertiary/aromatic N) is 2. The summed E-state index contributed by atoms with van der Waals surface area (Å²) < 4.78 is 13.4. The summed E-state index contributed by atoms with van der Waals surface area (Å²) in [5.74, 6) is 0.652. The lowest BCUT2D eigenvalue weighted by Crippen LogP contribution is -2.42. The first-order valence-corrected chi connectivity index (χ1v) is 9.52. The van der Waals surface area contributed by atoms with E-state index in [1.807, 2.05) is 6.07 Å². The third-order valence-corrected chi connectivity index (χ3v) is 4.38. The van der Waals surface area contributed by atoms with Crippen LogP contribution < -0.4 is 10.6 Å². The van der Waals surface area contributed by atoms with Crippen LogP contribution in [0.25, 0.3) is 0 Å². The number of aliphatic imine (C=N–C) groups is 1. The topological polar surface area (TPSA) is 39.7 Å². The third kappa shape index (κ3) is 8.34. The molecule has 0 amide bonds. The lowest BCUT2D eigenvalue weighted by Gasteiger charge is -2.21. The number of rotatable bonds is 10. The van der Waals surface area contributed by atoms with E-state index in [1.54, 1.807) is 13.0 Å². The molecule has 1 atom stereocenters. The van der Waals surface area contributed by atoms with Gasteiger partial charge in [0.05, 0.1) is 6.54 Å². The van der Waals surface area contributed by atoms with Gasteiger partial charge in [0.1, 0.15) is 5.82 Å². The Morgan fingerprint density at radius 2 is 1.96 bits per heavy atom. The van der Waals surface area contributed by atoms with E-state index in [2.05, 4.69) is 48.2 Å². The molecular weight excluding hydrogens is 315 g/mol. The number of aryl methyl sites for hydroxylation is 1. The highest BCUT2D eigenvalue weighted by Gasteiger charge is 2.07. The number of nitrogens with one attached hydrogen (secondary N) is 2. The number of hydrogen-bond acceptors (Lipinski definition) is 2. The molecule has 0 saturated carbocycles. The van der Waals surface area contributed by atoms with E-state index in [0.29, 0.717) is 18.2 Å². The highest BCUT2D eigenvalue weighted by atomic mass is 19.1. The minimum atomic E-state index is -0.167. The molecular formula is C20H35FN4. The highest BCUT2D eigenvalue weighted by Crippen LogP contribution is 2.10. The molecule has 0 aliphatic heterocycles. The SMILES string of the molecule is CCNC(=NCc1ccc(F)c(C)c1)NC(C)CCCN(CC)CC. The molecule has 25 heavy (non-hydrogen) atoms. The second kappa shape index (κ2) is 11.9. The summed E-state index contributed by atoms with van der Waals surface area (Å²) in [7, 11) is 0. The van der Waals surface area contributed by atoms with Crippen LogP contribution in [0.1, 0.15) is 51.7 Å². The van der Waals surface area contributed by atoms with E-state index >= 15 is 0 Å². The van der Waals surface area contributed by atoms with Crippen molar-refractivity contribution in [3.05, 3.63) is 35.1 Å². The fourth-order valence-electron chi connectivity index (χ4n) is 2.76. The molecule has 1 rings (SSSR count). The first kappa shape index (κ1) is 21.4. The van der Waals surface area contributed by atoms with Gasteiger partial charge in [0.2, 0.25) is 0 Å². The summed E-state index contributed by atoms with van der Waals surface area (Å²) in [5, 5.41) is 6.76. The fraction of sp³-hybridized carbons (Fsp3) is 0.650. The summed E-state index contributed by atoms with van der Waals surface area (Å²) >= 11 is 0.